The van der Waals surface area contributed by atoms with E-state index in [4.69, 9.17) is 16.7 Å². The average Bonchev–Trinajstić information content (AvgIpc) is 2.31. The Morgan fingerprint density at radius 3 is 2.63 bits per heavy atom. The van der Waals surface area contributed by atoms with Gasteiger partial charge in [-0.1, -0.05) is 37.6 Å². The standard InChI is InChI=1S/C15H22ClNO2/c1-10(2)6-13(15(18)19)9-17-8-12-5-4-11(3)14(16)7-12/h4-5,7,10,13,17H,6,8-9H2,1-3H3,(H,18,19). The molecule has 4 heteroatoms. The minimum Gasteiger partial charge on any atom is -0.481 e. The summed E-state index contributed by atoms with van der Waals surface area (Å²) in [6.07, 6.45) is 0.691. The molecule has 0 aromatic heterocycles. The van der Waals surface area contributed by atoms with Crippen molar-refractivity contribution < 1.29 is 9.90 Å². The zero-order chi connectivity index (χ0) is 14.4. The van der Waals surface area contributed by atoms with Crippen LogP contribution in [0.5, 0.6) is 0 Å². The fraction of sp³-hybridized carbons (Fsp3) is 0.533. The topological polar surface area (TPSA) is 49.3 Å². The second-order valence-corrected chi connectivity index (χ2v) is 5.79. The van der Waals surface area contributed by atoms with Gasteiger partial charge in [0, 0.05) is 18.1 Å². The molecule has 2 N–H and O–H groups in total. The largest absolute Gasteiger partial charge is 0.481 e. The molecule has 0 aliphatic heterocycles. The minimum atomic E-state index is -0.733. The lowest BCUT2D eigenvalue weighted by Crippen LogP contribution is -2.29. The third kappa shape index (κ3) is 5.62. The summed E-state index contributed by atoms with van der Waals surface area (Å²) in [5.74, 6) is -0.680. The van der Waals surface area contributed by atoms with Crippen molar-refractivity contribution in [3.8, 4) is 0 Å². The average molecular weight is 284 g/mol. The molecule has 0 aliphatic rings. The maximum atomic E-state index is 11.1. The van der Waals surface area contributed by atoms with Crippen molar-refractivity contribution in [3.05, 3.63) is 34.3 Å². The summed E-state index contributed by atoms with van der Waals surface area (Å²) in [4.78, 5) is 11.1. The summed E-state index contributed by atoms with van der Waals surface area (Å²) in [5, 5.41) is 13.1. The smallest absolute Gasteiger partial charge is 0.307 e. The maximum Gasteiger partial charge on any atom is 0.307 e. The van der Waals surface area contributed by atoms with Gasteiger partial charge in [0.05, 0.1) is 5.92 Å². The van der Waals surface area contributed by atoms with E-state index in [-0.39, 0.29) is 5.92 Å². The lowest BCUT2D eigenvalue weighted by Gasteiger charge is -2.15. The Bertz CT molecular complexity index is 432. The molecular weight excluding hydrogens is 262 g/mol. The van der Waals surface area contributed by atoms with Crippen LogP contribution >= 0.6 is 11.6 Å². The van der Waals surface area contributed by atoms with Crippen LogP contribution in [0.2, 0.25) is 5.02 Å². The lowest BCUT2D eigenvalue weighted by atomic mass is 9.97. The molecule has 0 heterocycles. The number of hydrogen-bond donors (Lipinski definition) is 2. The molecule has 0 amide bonds. The fourth-order valence-corrected chi connectivity index (χ4v) is 2.18. The molecule has 0 saturated carbocycles. The first-order valence-corrected chi connectivity index (χ1v) is 6.96. The van der Waals surface area contributed by atoms with Gasteiger partial charge in [0.15, 0.2) is 0 Å². The second kappa shape index (κ2) is 7.51. The van der Waals surface area contributed by atoms with Crippen LogP contribution in [0.1, 0.15) is 31.4 Å². The van der Waals surface area contributed by atoms with Crippen molar-refractivity contribution in [1.29, 1.82) is 0 Å². The molecular formula is C15H22ClNO2. The molecule has 1 unspecified atom stereocenters. The van der Waals surface area contributed by atoms with E-state index in [1.807, 2.05) is 39.0 Å². The SMILES string of the molecule is Cc1ccc(CNCC(CC(C)C)C(=O)O)cc1Cl. The van der Waals surface area contributed by atoms with Crippen molar-refractivity contribution in [2.24, 2.45) is 11.8 Å². The highest BCUT2D eigenvalue weighted by atomic mass is 35.5. The molecule has 19 heavy (non-hydrogen) atoms. The number of benzene rings is 1. The van der Waals surface area contributed by atoms with Gasteiger partial charge >= 0.3 is 5.97 Å². The van der Waals surface area contributed by atoms with Crippen LogP contribution in [-0.2, 0) is 11.3 Å². The zero-order valence-electron chi connectivity index (χ0n) is 11.7. The first-order chi connectivity index (χ1) is 8.90. The van der Waals surface area contributed by atoms with Crippen molar-refractivity contribution in [1.82, 2.24) is 5.32 Å². The number of carboxylic acid groups (broad SMARTS) is 1. The normalized spacial score (nSPS) is 12.7. The zero-order valence-corrected chi connectivity index (χ0v) is 12.5. The molecule has 0 radical (unpaired) electrons. The highest BCUT2D eigenvalue weighted by Crippen LogP contribution is 2.17. The minimum absolute atomic E-state index is 0.332. The van der Waals surface area contributed by atoms with E-state index in [2.05, 4.69) is 5.32 Å². The molecule has 3 nitrogen and oxygen atoms in total. The molecule has 1 atom stereocenters. The van der Waals surface area contributed by atoms with E-state index in [9.17, 15) is 4.79 Å². The number of aryl methyl sites for hydroxylation is 1. The van der Waals surface area contributed by atoms with Gasteiger partial charge in [-0.25, -0.2) is 0 Å². The Morgan fingerprint density at radius 1 is 1.42 bits per heavy atom. The van der Waals surface area contributed by atoms with Gasteiger partial charge in [-0.05, 0) is 36.5 Å². The Labute approximate surface area is 120 Å². The highest BCUT2D eigenvalue weighted by molar-refractivity contribution is 6.31. The van der Waals surface area contributed by atoms with E-state index in [1.165, 1.54) is 0 Å². The Kier molecular flexibility index (Phi) is 6.32. The molecule has 0 fully saturated rings. The van der Waals surface area contributed by atoms with E-state index in [1.54, 1.807) is 0 Å². The summed E-state index contributed by atoms with van der Waals surface area (Å²) in [7, 11) is 0. The molecule has 106 valence electrons. The quantitative estimate of drug-likeness (QED) is 0.805. The molecule has 0 saturated heterocycles. The van der Waals surface area contributed by atoms with Crippen LogP contribution in [-0.4, -0.2) is 17.6 Å². The molecule has 1 aromatic carbocycles. The van der Waals surface area contributed by atoms with Gasteiger partial charge in [0.2, 0.25) is 0 Å². The number of aliphatic carboxylic acids is 1. The molecule has 0 spiro atoms. The van der Waals surface area contributed by atoms with E-state index in [0.29, 0.717) is 25.4 Å². The summed E-state index contributed by atoms with van der Waals surface area (Å²) in [6.45, 7) is 7.16. The first-order valence-electron chi connectivity index (χ1n) is 6.58. The van der Waals surface area contributed by atoms with Crippen LogP contribution in [0.25, 0.3) is 0 Å². The van der Waals surface area contributed by atoms with Crippen molar-refractivity contribution in [3.63, 3.8) is 0 Å². The van der Waals surface area contributed by atoms with Crippen LogP contribution < -0.4 is 5.32 Å². The van der Waals surface area contributed by atoms with E-state index in [0.717, 1.165) is 16.1 Å². The summed E-state index contributed by atoms with van der Waals surface area (Å²) < 4.78 is 0. The van der Waals surface area contributed by atoms with Crippen LogP contribution in [0.4, 0.5) is 0 Å². The van der Waals surface area contributed by atoms with Gasteiger partial charge in [-0.2, -0.15) is 0 Å². The summed E-state index contributed by atoms with van der Waals surface area (Å²) in [5.41, 5.74) is 2.12. The maximum absolute atomic E-state index is 11.1. The third-order valence-corrected chi connectivity index (χ3v) is 3.47. The highest BCUT2D eigenvalue weighted by Gasteiger charge is 2.18. The van der Waals surface area contributed by atoms with Crippen molar-refractivity contribution in [2.45, 2.75) is 33.7 Å². The number of halogens is 1. The van der Waals surface area contributed by atoms with Gasteiger partial charge < -0.3 is 10.4 Å². The number of carboxylic acids is 1. The number of rotatable bonds is 7. The van der Waals surface area contributed by atoms with Gasteiger partial charge in [-0.3, -0.25) is 4.79 Å². The Balaban J connectivity index is 2.47. The number of hydrogen-bond acceptors (Lipinski definition) is 2. The molecule has 1 aromatic rings. The van der Waals surface area contributed by atoms with Gasteiger partial charge in [-0.15, -0.1) is 0 Å². The summed E-state index contributed by atoms with van der Waals surface area (Å²) in [6, 6.07) is 5.90. The third-order valence-electron chi connectivity index (χ3n) is 3.06. The van der Waals surface area contributed by atoms with E-state index < -0.39 is 5.97 Å². The fourth-order valence-electron chi connectivity index (χ4n) is 1.98. The molecule has 1 rings (SSSR count). The van der Waals surface area contributed by atoms with Crippen molar-refractivity contribution >= 4 is 17.6 Å². The number of nitrogens with one attached hydrogen (secondary N) is 1. The van der Waals surface area contributed by atoms with Gasteiger partial charge in [0.25, 0.3) is 0 Å². The Hall–Kier alpha value is -1.06. The predicted molar refractivity (Wildman–Crippen MR) is 78.5 cm³/mol. The van der Waals surface area contributed by atoms with Crippen LogP contribution in [0.15, 0.2) is 18.2 Å². The monoisotopic (exact) mass is 283 g/mol. The van der Waals surface area contributed by atoms with Crippen LogP contribution in [0, 0.1) is 18.8 Å². The number of carbonyl (C=O) groups is 1. The van der Waals surface area contributed by atoms with Crippen molar-refractivity contribution in [2.75, 3.05) is 6.54 Å². The van der Waals surface area contributed by atoms with E-state index >= 15 is 0 Å². The van der Waals surface area contributed by atoms with Crippen LogP contribution in [0.3, 0.4) is 0 Å². The molecule has 0 aliphatic carbocycles. The second-order valence-electron chi connectivity index (χ2n) is 5.38. The predicted octanol–water partition coefficient (Wildman–Crippen LogP) is 3.48. The molecule has 0 bridgehead atoms. The van der Waals surface area contributed by atoms with Gasteiger partial charge in [0.1, 0.15) is 0 Å². The lowest BCUT2D eigenvalue weighted by molar-refractivity contribution is -0.142. The Morgan fingerprint density at radius 2 is 2.11 bits per heavy atom. The first kappa shape index (κ1) is 16.0. The summed E-state index contributed by atoms with van der Waals surface area (Å²) >= 11 is 6.05.